The van der Waals surface area contributed by atoms with Gasteiger partial charge >= 0.3 is 0 Å². The van der Waals surface area contributed by atoms with Crippen LogP contribution >= 0.6 is 0 Å². The Balaban J connectivity index is 2.82. The largest absolute Gasteiger partial charge is 0.389 e. The maximum absolute atomic E-state index is 13.4. The molecular weight excluding hydrogens is 288 g/mol. The molecule has 4 nitrogen and oxygen atoms in total. The molecule has 1 aromatic carbocycles. The fourth-order valence-electron chi connectivity index (χ4n) is 1.37. The molecule has 0 radical (unpaired) electrons. The lowest BCUT2D eigenvalue weighted by Gasteiger charge is -2.27. The highest BCUT2D eigenvalue weighted by molar-refractivity contribution is 7.88. The zero-order valence-corrected chi connectivity index (χ0v) is 12.5. The smallest absolute Gasteiger partial charge is 0.216 e. The quantitative estimate of drug-likeness (QED) is 0.842. The Morgan fingerprint density at radius 2 is 1.80 bits per heavy atom. The second kappa shape index (κ2) is 6.15. The van der Waals surface area contributed by atoms with Crippen LogP contribution in [0.3, 0.4) is 0 Å². The van der Waals surface area contributed by atoms with E-state index in [9.17, 15) is 22.3 Å². The maximum Gasteiger partial charge on any atom is 0.216 e. The molecule has 1 atom stereocenters. The third-order valence-electron chi connectivity index (χ3n) is 3.29. The van der Waals surface area contributed by atoms with Crippen molar-refractivity contribution in [3.63, 3.8) is 0 Å². The van der Waals surface area contributed by atoms with Crippen molar-refractivity contribution in [1.82, 2.24) is 4.72 Å². The van der Waals surface area contributed by atoms with E-state index in [0.717, 1.165) is 18.2 Å². The van der Waals surface area contributed by atoms with Crippen LogP contribution in [0.15, 0.2) is 18.2 Å². The Kier molecular flexibility index (Phi) is 5.23. The lowest BCUT2D eigenvalue weighted by Crippen LogP contribution is -2.44. The van der Waals surface area contributed by atoms with Crippen molar-refractivity contribution in [2.24, 2.45) is 5.92 Å². The van der Waals surface area contributed by atoms with Gasteiger partial charge in [0.1, 0.15) is 11.6 Å². The second-order valence-electron chi connectivity index (χ2n) is 5.29. The fraction of sp³-hybridized carbons (Fsp3) is 0.538. The molecule has 0 aliphatic rings. The summed E-state index contributed by atoms with van der Waals surface area (Å²) in [5.41, 5.74) is -1.75. The van der Waals surface area contributed by atoms with E-state index in [2.05, 4.69) is 4.72 Å². The summed E-state index contributed by atoms with van der Waals surface area (Å²) in [6.07, 6.45) is 0. The Morgan fingerprint density at radius 1 is 1.30 bits per heavy atom. The molecule has 0 saturated carbocycles. The summed E-state index contributed by atoms with van der Waals surface area (Å²) in [4.78, 5) is 0. The van der Waals surface area contributed by atoms with Crippen LogP contribution in [0.25, 0.3) is 0 Å². The first-order valence-electron chi connectivity index (χ1n) is 6.18. The van der Waals surface area contributed by atoms with Crippen molar-refractivity contribution in [1.29, 1.82) is 0 Å². The molecule has 0 fully saturated rings. The van der Waals surface area contributed by atoms with E-state index in [1.54, 1.807) is 13.8 Å². The van der Waals surface area contributed by atoms with Gasteiger partial charge in [0, 0.05) is 12.1 Å². The summed E-state index contributed by atoms with van der Waals surface area (Å²) in [5.74, 6) is -2.80. The van der Waals surface area contributed by atoms with Crippen LogP contribution in [0.4, 0.5) is 8.78 Å². The van der Waals surface area contributed by atoms with E-state index >= 15 is 0 Å². The van der Waals surface area contributed by atoms with Crippen molar-refractivity contribution in [3.05, 3.63) is 35.4 Å². The van der Waals surface area contributed by atoms with Crippen LogP contribution in [0.2, 0.25) is 0 Å². The molecule has 1 aromatic rings. The lowest BCUT2D eigenvalue weighted by atomic mass is 9.93. The van der Waals surface area contributed by atoms with Gasteiger partial charge in [-0.15, -0.1) is 0 Å². The van der Waals surface area contributed by atoms with Crippen LogP contribution < -0.4 is 4.72 Å². The van der Waals surface area contributed by atoms with Gasteiger partial charge < -0.3 is 5.11 Å². The van der Waals surface area contributed by atoms with E-state index in [0.29, 0.717) is 0 Å². The summed E-state index contributed by atoms with van der Waals surface area (Å²) in [6, 6.07) is 3.16. The minimum atomic E-state index is -3.94. The van der Waals surface area contributed by atoms with Gasteiger partial charge in [-0.05, 0) is 25.0 Å². The van der Waals surface area contributed by atoms with Gasteiger partial charge in [0.25, 0.3) is 0 Å². The molecule has 0 heterocycles. The first-order valence-corrected chi connectivity index (χ1v) is 7.83. The van der Waals surface area contributed by atoms with Gasteiger partial charge in [0.05, 0.1) is 11.4 Å². The van der Waals surface area contributed by atoms with Gasteiger partial charge in [0.15, 0.2) is 0 Å². The predicted octanol–water partition coefficient (Wildman–Crippen LogP) is 1.79. The molecule has 20 heavy (non-hydrogen) atoms. The van der Waals surface area contributed by atoms with Crippen LogP contribution in [0.1, 0.15) is 26.3 Å². The van der Waals surface area contributed by atoms with Gasteiger partial charge in [0.2, 0.25) is 10.0 Å². The van der Waals surface area contributed by atoms with Gasteiger partial charge in [-0.1, -0.05) is 19.9 Å². The standard InChI is InChI=1S/C13H19F2NO3S/c1-9(2)13(3,17)8-16-20(18,19)7-10-11(14)5-4-6-12(10)15/h4-6,9,16-17H,7-8H2,1-3H3. The summed E-state index contributed by atoms with van der Waals surface area (Å²) in [5, 5.41) is 9.96. The molecule has 1 unspecified atom stereocenters. The van der Waals surface area contributed by atoms with E-state index < -0.39 is 38.6 Å². The predicted molar refractivity (Wildman–Crippen MR) is 72.4 cm³/mol. The normalized spacial score (nSPS) is 15.3. The highest BCUT2D eigenvalue weighted by atomic mass is 32.2. The molecule has 0 amide bonds. The number of nitrogens with one attached hydrogen (secondary N) is 1. The van der Waals surface area contributed by atoms with Crippen molar-refractivity contribution in [3.8, 4) is 0 Å². The molecule has 0 bridgehead atoms. The molecule has 0 spiro atoms. The number of halogens is 2. The molecule has 0 aromatic heterocycles. The average Bonchev–Trinajstić information content (AvgIpc) is 2.32. The summed E-state index contributed by atoms with van der Waals surface area (Å²) in [7, 11) is -3.94. The van der Waals surface area contributed by atoms with E-state index in [-0.39, 0.29) is 12.5 Å². The highest BCUT2D eigenvalue weighted by Gasteiger charge is 2.27. The van der Waals surface area contributed by atoms with Gasteiger partial charge in [-0.25, -0.2) is 21.9 Å². The van der Waals surface area contributed by atoms with Crippen LogP contribution in [-0.4, -0.2) is 25.7 Å². The molecule has 7 heteroatoms. The molecule has 1 rings (SSSR count). The van der Waals surface area contributed by atoms with E-state index in [1.165, 1.54) is 6.92 Å². The van der Waals surface area contributed by atoms with Crippen molar-refractivity contribution >= 4 is 10.0 Å². The van der Waals surface area contributed by atoms with Crippen molar-refractivity contribution in [2.75, 3.05) is 6.54 Å². The van der Waals surface area contributed by atoms with Crippen molar-refractivity contribution < 1.29 is 22.3 Å². The SMILES string of the molecule is CC(C)C(C)(O)CNS(=O)(=O)Cc1c(F)cccc1F. The Morgan fingerprint density at radius 3 is 2.25 bits per heavy atom. The first kappa shape index (κ1) is 17.0. The number of hydrogen-bond donors (Lipinski definition) is 2. The van der Waals surface area contributed by atoms with Gasteiger partial charge in [-0.3, -0.25) is 0 Å². The fourth-order valence-corrected chi connectivity index (χ4v) is 2.64. The average molecular weight is 307 g/mol. The number of hydrogen-bond acceptors (Lipinski definition) is 3. The number of sulfonamides is 1. The van der Waals surface area contributed by atoms with Crippen molar-refractivity contribution in [2.45, 2.75) is 32.1 Å². The van der Waals surface area contributed by atoms with Crippen LogP contribution in [0.5, 0.6) is 0 Å². The zero-order valence-electron chi connectivity index (χ0n) is 11.7. The van der Waals surface area contributed by atoms with E-state index in [4.69, 9.17) is 0 Å². The minimum absolute atomic E-state index is 0.171. The van der Waals surface area contributed by atoms with Gasteiger partial charge in [-0.2, -0.15) is 0 Å². The minimum Gasteiger partial charge on any atom is -0.389 e. The Bertz CT molecular complexity index is 551. The molecule has 2 N–H and O–H groups in total. The summed E-state index contributed by atoms with van der Waals surface area (Å²) in [6.45, 7) is 4.75. The van der Waals surface area contributed by atoms with Crippen LogP contribution in [0, 0.1) is 17.6 Å². The maximum atomic E-state index is 13.4. The topological polar surface area (TPSA) is 66.4 Å². The number of rotatable bonds is 6. The summed E-state index contributed by atoms with van der Waals surface area (Å²) >= 11 is 0. The second-order valence-corrected chi connectivity index (χ2v) is 7.10. The van der Waals surface area contributed by atoms with Crippen LogP contribution in [-0.2, 0) is 15.8 Å². The third kappa shape index (κ3) is 4.50. The van der Waals surface area contributed by atoms with E-state index in [1.807, 2.05) is 0 Å². The lowest BCUT2D eigenvalue weighted by molar-refractivity contribution is 0.0190. The monoisotopic (exact) mass is 307 g/mol. The molecule has 0 aliphatic carbocycles. The molecule has 0 saturated heterocycles. The summed E-state index contributed by atoms with van der Waals surface area (Å²) < 4.78 is 52.6. The first-order chi connectivity index (χ1) is 9.05. The third-order valence-corrected chi connectivity index (χ3v) is 4.54. The zero-order chi connectivity index (χ0) is 15.6. The Labute approximate surface area is 117 Å². The number of aliphatic hydroxyl groups is 1. The molecular formula is C13H19F2NO3S. The molecule has 0 aliphatic heterocycles. The number of benzene rings is 1. The highest BCUT2D eigenvalue weighted by Crippen LogP contribution is 2.17. The molecule has 114 valence electrons. The Hall–Kier alpha value is -1.05.